The number of carbonyl (C=O) groups excluding carboxylic acids is 2. The first kappa shape index (κ1) is 21.2. The number of benzene rings is 3. The van der Waals surface area contributed by atoms with E-state index in [9.17, 15) is 9.59 Å². The van der Waals surface area contributed by atoms with Crippen molar-refractivity contribution in [2.45, 2.75) is 19.6 Å². The van der Waals surface area contributed by atoms with E-state index in [0.29, 0.717) is 23.6 Å². The number of ether oxygens (including phenoxy) is 2. The first-order valence-electron chi connectivity index (χ1n) is 10.5. The van der Waals surface area contributed by atoms with Crippen molar-refractivity contribution in [3.8, 4) is 5.75 Å². The van der Waals surface area contributed by atoms with Gasteiger partial charge in [0.2, 0.25) is 0 Å². The predicted molar refractivity (Wildman–Crippen MR) is 122 cm³/mol. The van der Waals surface area contributed by atoms with E-state index in [1.807, 2.05) is 84.9 Å². The van der Waals surface area contributed by atoms with E-state index >= 15 is 0 Å². The molecule has 1 heterocycles. The van der Waals surface area contributed by atoms with E-state index in [4.69, 9.17) is 9.47 Å². The molecule has 0 spiro atoms. The summed E-state index contributed by atoms with van der Waals surface area (Å²) in [5, 5.41) is 5.63. The molecule has 0 saturated heterocycles. The normalized spacial score (nSPS) is 15.5. The van der Waals surface area contributed by atoms with Gasteiger partial charge in [-0.3, -0.25) is 0 Å². The van der Waals surface area contributed by atoms with Crippen LogP contribution in [0.2, 0.25) is 0 Å². The first-order valence-corrected chi connectivity index (χ1v) is 10.5. The molecule has 6 heteroatoms. The van der Waals surface area contributed by atoms with Crippen LogP contribution >= 0.6 is 0 Å². The third-order valence-corrected chi connectivity index (χ3v) is 5.09. The Morgan fingerprint density at radius 3 is 2.22 bits per heavy atom. The van der Waals surface area contributed by atoms with Gasteiger partial charge in [0.05, 0.1) is 23.9 Å². The van der Waals surface area contributed by atoms with Crippen molar-refractivity contribution in [2.75, 3.05) is 6.61 Å². The fourth-order valence-corrected chi connectivity index (χ4v) is 3.57. The Balaban J connectivity index is 1.64. The second kappa shape index (κ2) is 9.83. The Bertz CT molecular complexity index is 1110. The maximum absolute atomic E-state index is 12.9. The van der Waals surface area contributed by atoms with Gasteiger partial charge in [0.1, 0.15) is 12.4 Å². The molecule has 2 N–H and O–H groups in total. The second-order valence-electron chi connectivity index (χ2n) is 7.25. The van der Waals surface area contributed by atoms with Crippen molar-refractivity contribution in [1.82, 2.24) is 10.6 Å². The molecule has 3 aromatic carbocycles. The van der Waals surface area contributed by atoms with Gasteiger partial charge < -0.3 is 20.1 Å². The lowest BCUT2D eigenvalue weighted by Crippen LogP contribution is -2.45. The van der Waals surface area contributed by atoms with E-state index in [1.54, 1.807) is 6.92 Å². The Morgan fingerprint density at radius 2 is 1.56 bits per heavy atom. The molecule has 4 rings (SSSR count). The van der Waals surface area contributed by atoms with Gasteiger partial charge in [-0.05, 0) is 35.7 Å². The van der Waals surface area contributed by atoms with Gasteiger partial charge in [0.25, 0.3) is 0 Å². The Morgan fingerprint density at radius 1 is 0.906 bits per heavy atom. The summed E-state index contributed by atoms with van der Waals surface area (Å²) in [5.74, 6) is 0.219. The van der Waals surface area contributed by atoms with Crippen LogP contribution in [-0.4, -0.2) is 18.6 Å². The van der Waals surface area contributed by atoms with Gasteiger partial charge >= 0.3 is 12.0 Å². The van der Waals surface area contributed by atoms with E-state index in [2.05, 4.69) is 10.6 Å². The Kier molecular flexibility index (Phi) is 6.51. The minimum Gasteiger partial charge on any atom is -0.489 e. The summed E-state index contributed by atoms with van der Waals surface area (Å²) in [6.45, 7) is 2.44. The highest BCUT2D eigenvalue weighted by Gasteiger charge is 2.34. The summed E-state index contributed by atoms with van der Waals surface area (Å²) in [7, 11) is 0. The topological polar surface area (TPSA) is 76.7 Å². The fourth-order valence-electron chi connectivity index (χ4n) is 3.57. The minimum absolute atomic E-state index is 0.233. The predicted octanol–water partition coefficient (Wildman–Crippen LogP) is 4.59. The maximum Gasteiger partial charge on any atom is 0.338 e. The zero-order chi connectivity index (χ0) is 22.3. The molecular weight excluding hydrogens is 404 g/mol. The molecule has 0 fully saturated rings. The summed E-state index contributed by atoms with van der Waals surface area (Å²) in [5.41, 5.74) is 3.36. The lowest BCUT2D eigenvalue weighted by molar-refractivity contribution is -0.138. The summed E-state index contributed by atoms with van der Waals surface area (Å²) >= 11 is 0. The Labute approximate surface area is 186 Å². The molecule has 0 radical (unpaired) electrons. The average Bonchev–Trinajstić information content (AvgIpc) is 2.84. The van der Waals surface area contributed by atoms with Crippen LogP contribution in [0.4, 0.5) is 4.79 Å². The summed E-state index contributed by atoms with van der Waals surface area (Å²) in [6.07, 6.45) is 0. The molecule has 0 bridgehead atoms. The van der Waals surface area contributed by atoms with Crippen molar-refractivity contribution in [1.29, 1.82) is 0 Å². The standard InChI is InChI=1S/C26H24N2O4/c1-2-31-25(29)22-23(19-11-7-4-8-12-19)27-26(30)28-24(22)20-13-15-21(16-14-20)32-17-18-9-5-3-6-10-18/h3-16,24H,2,17H2,1H3,(H2,27,28,30)/t24-/m1/s1. The zero-order valence-electron chi connectivity index (χ0n) is 17.7. The Hall–Kier alpha value is -4.06. The number of urea groups is 1. The van der Waals surface area contributed by atoms with E-state index < -0.39 is 12.0 Å². The molecule has 6 nitrogen and oxygen atoms in total. The molecule has 3 aromatic rings. The van der Waals surface area contributed by atoms with Crippen molar-refractivity contribution in [3.63, 3.8) is 0 Å². The van der Waals surface area contributed by atoms with Gasteiger partial charge in [0, 0.05) is 0 Å². The number of hydrogen-bond donors (Lipinski definition) is 2. The number of rotatable bonds is 7. The maximum atomic E-state index is 12.9. The molecule has 1 aliphatic heterocycles. The van der Waals surface area contributed by atoms with Crippen molar-refractivity contribution in [2.24, 2.45) is 0 Å². The first-order chi connectivity index (χ1) is 15.7. The lowest BCUT2D eigenvalue weighted by Gasteiger charge is -2.29. The molecule has 1 atom stereocenters. The molecule has 0 aromatic heterocycles. The van der Waals surface area contributed by atoms with E-state index in [-0.39, 0.29) is 12.6 Å². The summed E-state index contributed by atoms with van der Waals surface area (Å²) in [6, 6.07) is 25.5. The molecule has 0 saturated carbocycles. The molecule has 32 heavy (non-hydrogen) atoms. The number of amides is 2. The average molecular weight is 428 g/mol. The van der Waals surface area contributed by atoms with Gasteiger partial charge in [-0.1, -0.05) is 72.8 Å². The molecule has 1 aliphatic rings. The summed E-state index contributed by atoms with van der Waals surface area (Å²) in [4.78, 5) is 25.4. The molecule has 0 aliphatic carbocycles. The van der Waals surface area contributed by atoms with Crippen LogP contribution in [0.5, 0.6) is 5.75 Å². The third kappa shape index (κ3) is 4.81. The van der Waals surface area contributed by atoms with Crippen LogP contribution in [0.1, 0.15) is 29.7 Å². The van der Waals surface area contributed by atoms with Crippen molar-refractivity contribution >= 4 is 17.7 Å². The van der Waals surface area contributed by atoms with Gasteiger partial charge in [0.15, 0.2) is 0 Å². The van der Waals surface area contributed by atoms with E-state index in [1.165, 1.54) is 0 Å². The highest BCUT2D eigenvalue weighted by molar-refractivity contribution is 6.04. The van der Waals surface area contributed by atoms with E-state index in [0.717, 1.165) is 16.7 Å². The zero-order valence-corrected chi connectivity index (χ0v) is 17.7. The smallest absolute Gasteiger partial charge is 0.338 e. The van der Waals surface area contributed by atoms with Crippen LogP contribution in [0, 0.1) is 0 Å². The monoisotopic (exact) mass is 428 g/mol. The van der Waals surface area contributed by atoms with Crippen molar-refractivity contribution < 1.29 is 19.1 Å². The largest absolute Gasteiger partial charge is 0.489 e. The van der Waals surface area contributed by atoms with Gasteiger partial charge in [-0.2, -0.15) is 0 Å². The number of carbonyl (C=O) groups is 2. The van der Waals surface area contributed by atoms with Gasteiger partial charge in [-0.15, -0.1) is 0 Å². The van der Waals surface area contributed by atoms with Gasteiger partial charge in [-0.25, -0.2) is 9.59 Å². The molecule has 0 unspecified atom stereocenters. The van der Waals surface area contributed by atoms with Crippen LogP contribution in [0.25, 0.3) is 5.70 Å². The second-order valence-corrected chi connectivity index (χ2v) is 7.25. The highest BCUT2D eigenvalue weighted by atomic mass is 16.5. The van der Waals surface area contributed by atoms with Crippen LogP contribution in [-0.2, 0) is 16.1 Å². The summed E-state index contributed by atoms with van der Waals surface area (Å²) < 4.78 is 11.2. The SMILES string of the molecule is CCOC(=O)C1=C(c2ccccc2)NC(=O)N[C@@H]1c1ccc(OCc2ccccc2)cc1. The van der Waals surface area contributed by atoms with Crippen LogP contribution < -0.4 is 15.4 Å². The third-order valence-electron chi connectivity index (χ3n) is 5.09. The molecule has 162 valence electrons. The number of esters is 1. The minimum atomic E-state index is -0.652. The highest BCUT2D eigenvalue weighted by Crippen LogP contribution is 2.32. The van der Waals surface area contributed by atoms with Crippen molar-refractivity contribution in [3.05, 3.63) is 107 Å². The quantitative estimate of drug-likeness (QED) is 0.540. The lowest BCUT2D eigenvalue weighted by atomic mass is 9.92. The molecule has 2 amide bonds. The molecular formula is C26H24N2O4. The number of hydrogen-bond acceptors (Lipinski definition) is 4. The van der Waals surface area contributed by atoms with Crippen LogP contribution in [0.15, 0.2) is 90.5 Å². The number of nitrogens with one attached hydrogen (secondary N) is 2. The fraction of sp³-hybridized carbons (Fsp3) is 0.154. The van der Waals surface area contributed by atoms with Crippen LogP contribution in [0.3, 0.4) is 0 Å².